The zero-order valence-electron chi connectivity index (χ0n) is 10.7. The van der Waals surface area contributed by atoms with E-state index >= 15 is 0 Å². The van der Waals surface area contributed by atoms with Crippen molar-refractivity contribution in [3.05, 3.63) is 30.3 Å². The number of likely N-dealkylation sites (N-methyl/N-ethyl adjacent to an activating group) is 1. The summed E-state index contributed by atoms with van der Waals surface area (Å²) in [4.78, 5) is 14.9. The zero-order valence-corrected chi connectivity index (χ0v) is 10.7. The van der Waals surface area contributed by atoms with E-state index in [2.05, 4.69) is 29.2 Å². The van der Waals surface area contributed by atoms with Gasteiger partial charge in [-0.15, -0.1) is 0 Å². The molecule has 0 aromatic heterocycles. The van der Waals surface area contributed by atoms with Crippen LogP contribution in [0.5, 0.6) is 0 Å². The third kappa shape index (κ3) is 3.47. The van der Waals surface area contributed by atoms with Gasteiger partial charge in [0.1, 0.15) is 0 Å². The lowest BCUT2D eigenvalue weighted by molar-refractivity contribution is -0.138. The van der Waals surface area contributed by atoms with Crippen molar-refractivity contribution in [3.63, 3.8) is 0 Å². The Hall–Kier alpha value is -1.55. The van der Waals surface area contributed by atoms with Gasteiger partial charge in [-0.1, -0.05) is 18.2 Å². The number of rotatable bonds is 5. The van der Waals surface area contributed by atoms with Crippen LogP contribution < -0.4 is 4.90 Å². The third-order valence-electron chi connectivity index (χ3n) is 3.38. The highest BCUT2D eigenvalue weighted by Gasteiger charge is 2.23. The van der Waals surface area contributed by atoms with Gasteiger partial charge in [0.2, 0.25) is 0 Å². The number of benzene rings is 1. The molecule has 1 atom stereocenters. The van der Waals surface area contributed by atoms with Gasteiger partial charge in [0, 0.05) is 25.3 Å². The third-order valence-corrected chi connectivity index (χ3v) is 3.38. The number of carbonyl (C=O) groups is 1. The van der Waals surface area contributed by atoms with Gasteiger partial charge in [0.25, 0.3) is 0 Å². The molecule has 1 aromatic rings. The van der Waals surface area contributed by atoms with Crippen molar-refractivity contribution in [1.29, 1.82) is 0 Å². The van der Waals surface area contributed by atoms with E-state index in [4.69, 9.17) is 5.11 Å². The SMILES string of the molecule is CN(CC(=O)O)CC1CCN(c2ccccc2)C1. The van der Waals surface area contributed by atoms with E-state index in [0.717, 1.165) is 26.1 Å². The average Bonchev–Trinajstić information content (AvgIpc) is 2.77. The van der Waals surface area contributed by atoms with Gasteiger partial charge in [0.05, 0.1) is 6.54 Å². The molecule has 4 nitrogen and oxygen atoms in total. The van der Waals surface area contributed by atoms with E-state index in [1.54, 1.807) is 0 Å². The summed E-state index contributed by atoms with van der Waals surface area (Å²) < 4.78 is 0. The number of nitrogens with zero attached hydrogens (tertiary/aromatic N) is 2. The Balaban J connectivity index is 1.83. The van der Waals surface area contributed by atoms with Crippen molar-refractivity contribution in [1.82, 2.24) is 4.90 Å². The monoisotopic (exact) mass is 248 g/mol. The first-order valence-electron chi connectivity index (χ1n) is 6.35. The minimum absolute atomic E-state index is 0.127. The second-order valence-corrected chi connectivity index (χ2v) is 5.03. The van der Waals surface area contributed by atoms with Crippen LogP contribution in [-0.4, -0.2) is 49.2 Å². The Morgan fingerprint density at radius 1 is 1.44 bits per heavy atom. The summed E-state index contributed by atoms with van der Waals surface area (Å²) in [5.41, 5.74) is 1.26. The molecule has 98 valence electrons. The Labute approximate surface area is 108 Å². The lowest BCUT2D eigenvalue weighted by Gasteiger charge is -2.21. The maximum atomic E-state index is 10.6. The molecule has 0 bridgehead atoms. The molecule has 0 saturated carbocycles. The molecule has 2 rings (SSSR count). The molecule has 18 heavy (non-hydrogen) atoms. The van der Waals surface area contributed by atoms with Crippen LogP contribution in [0, 0.1) is 5.92 Å². The summed E-state index contributed by atoms with van der Waals surface area (Å²) in [7, 11) is 1.87. The molecule has 0 radical (unpaired) electrons. The van der Waals surface area contributed by atoms with Crippen molar-refractivity contribution in [3.8, 4) is 0 Å². The molecule has 0 spiro atoms. The molecule has 0 aliphatic carbocycles. The molecule has 1 aliphatic heterocycles. The van der Waals surface area contributed by atoms with Gasteiger partial charge >= 0.3 is 5.97 Å². The van der Waals surface area contributed by atoms with E-state index in [1.165, 1.54) is 5.69 Å². The predicted octanol–water partition coefficient (Wildman–Crippen LogP) is 1.53. The molecule has 1 fully saturated rings. The van der Waals surface area contributed by atoms with E-state index in [-0.39, 0.29) is 6.54 Å². The number of para-hydroxylation sites is 1. The molecular formula is C14H20N2O2. The fraction of sp³-hybridized carbons (Fsp3) is 0.500. The molecule has 1 heterocycles. The highest BCUT2D eigenvalue weighted by molar-refractivity contribution is 5.69. The number of carboxylic acid groups (broad SMARTS) is 1. The summed E-state index contributed by atoms with van der Waals surface area (Å²) >= 11 is 0. The van der Waals surface area contributed by atoms with Crippen LogP contribution in [0.1, 0.15) is 6.42 Å². The minimum Gasteiger partial charge on any atom is -0.480 e. The van der Waals surface area contributed by atoms with Crippen molar-refractivity contribution >= 4 is 11.7 Å². The molecular weight excluding hydrogens is 228 g/mol. The van der Waals surface area contributed by atoms with Crippen LogP contribution in [0.3, 0.4) is 0 Å². The van der Waals surface area contributed by atoms with Gasteiger partial charge in [-0.2, -0.15) is 0 Å². The quantitative estimate of drug-likeness (QED) is 0.858. The van der Waals surface area contributed by atoms with Gasteiger partial charge in [0.15, 0.2) is 0 Å². The first-order valence-corrected chi connectivity index (χ1v) is 6.35. The maximum Gasteiger partial charge on any atom is 0.317 e. The standard InChI is InChI=1S/C14H20N2O2/c1-15(11-14(17)18)9-12-7-8-16(10-12)13-5-3-2-4-6-13/h2-6,12H,7-11H2,1H3,(H,17,18). The Morgan fingerprint density at radius 2 is 2.17 bits per heavy atom. The molecule has 1 unspecified atom stereocenters. The van der Waals surface area contributed by atoms with E-state index in [0.29, 0.717) is 5.92 Å². The molecule has 1 N–H and O–H groups in total. The second kappa shape index (κ2) is 5.87. The number of anilines is 1. The van der Waals surface area contributed by atoms with E-state index in [9.17, 15) is 4.79 Å². The highest BCUT2D eigenvalue weighted by Crippen LogP contribution is 2.23. The summed E-state index contributed by atoms with van der Waals surface area (Å²) in [6.07, 6.45) is 1.14. The lowest BCUT2D eigenvalue weighted by Crippen LogP contribution is -2.32. The van der Waals surface area contributed by atoms with E-state index in [1.807, 2.05) is 18.0 Å². The van der Waals surface area contributed by atoms with Gasteiger partial charge in [-0.25, -0.2) is 0 Å². The summed E-state index contributed by atoms with van der Waals surface area (Å²) in [5, 5.41) is 8.74. The van der Waals surface area contributed by atoms with Crippen molar-refractivity contribution < 1.29 is 9.90 Å². The number of hydrogen-bond donors (Lipinski definition) is 1. The summed E-state index contributed by atoms with van der Waals surface area (Å²) in [6, 6.07) is 10.4. The fourth-order valence-corrected chi connectivity index (χ4v) is 2.59. The number of hydrogen-bond acceptors (Lipinski definition) is 3. The normalized spacial score (nSPS) is 19.4. The van der Waals surface area contributed by atoms with Gasteiger partial charge in [-0.05, 0) is 31.5 Å². The molecule has 1 aromatic carbocycles. The lowest BCUT2D eigenvalue weighted by atomic mass is 10.1. The summed E-state index contributed by atoms with van der Waals surface area (Å²) in [5.74, 6) is -0.190. The van der Waals surface area contributed by atoms with Crippen LogP contribution in [0.2, 0.25) is 0 Å². The summed E-state index contributed by atoms with van der Waals surface area (Å²) in [6.45, 7) is 3.07. The van der Waals surface area contributed by atoms with Gasteiger partial charge < -0.3 is 10.0 Å². The van der Waals surface area contributed by atoms with Crippen LogP contribution in [0.4, 0.5) is 5.69 Å². The zero-order chi connectivity index (χ0) is 13.0. The molecule has 0 amide bonds. The van der Waals surface area contributed by atoms with Crippen molar-refractivity contribution in [2.24, 2.45) is 5.92 Å². The van der Waals surface area contributed by atoms with Gasteiger partial charge in [-0.3, -0.25) is 9.69 Å². The molecule has 4 heteroatoms. The number of aliphatic carboxylic acids is 1. The van der Waals surface area contributed by atoms with Crippen molar-refractivity contribution in [2.75, 3.05) is 38.1 Å². The first kappa shape index (κ1) is 12.9. The first-order chi connectivity index (χ1) is 8.65. The van der Waals surface area contributed by atoms with E-state index < -0.39 is 5.97 Å². The smallest absolute Gasteiger partial charge is 0.317 e. The topological polar surface area (TPSA) is 43.8 Å². The predicted molar refractivity (Wildman–Crippen MR) is 71.9 cm³/mol. The van der Waals surface area contributed by atoms with Crippen LogP contribution in [0.25, 0.3) is 0 Å². The Morgan fingerprint density at radius 3 is 2.83 bits per heavy atom. The minimum atomic E-state index is -0.754. The number of carboxylic acids is 1. The largest absolute Gasteiger partial charge is 0.480 e. The maximum absolute atomic E-state index is 10.6. The van der Waals surface area contributed by atoms with Crippen LogP contribution in [-0.2, 0) is 4.79 Å². The Bertz CT molecular complexity index is 394. The second-order valence-electron chi connectivity index (χ2n) is 5.03. The molecule has 1 saturated heterocycles. The fourth-order valence-electron chi connectivity index (χ4n) is 2.59. The highest BCUT2D eigenvalue weighted by atomic mass is 16.4. The molecule has 1 aliphatic rings. The average molecular weight is 248 g/mol. The van der Waals surface area contributed by atoms with Crippen LogP contribution in [0.15, 0.2) is 30.3 Å². The van der Waals surface area contributed by atoms with Crippen molar-refractivity contribution in [2.45, 2.75) is 6.42 Å². The van der Waals surface area contributed by atoms with Crippen LogP contribution >= 0.6 is 0 Å². The Kier molecular flexibility index (Phi) is 4.20.